The maximum Gasteiger partial charge on any atom is 0.469 e. The zero-order valence-electron chi connectivity index (χ0n) is 29.2. The maximum absolute atomic E-state index is 12.3. The molecular weight excluding hydrogens is 603 g/mol. The first kappa shape index (κ1) is 44.3. The van der Waals surface area contributed by atoms with Gasteiger partial charge in [0.05, 0.1) is 6.61 Å². The number of hydrogen-bond donors (Lipinski definition) is 2. The quantitative estimate of drug-likeness (QED) is 0.0306. The molecule has 1 unspecified atom stereocenters. The van der Waals surface area contributed by atoms with Crippen LogP contribution in [-0.2, 0) is 28.2 Å². The monoisotopic (exact) mass is 670 g/mol. The zero-order valence-corrected chi connectivity index (χ0v) is 30.1. The van der Waals surface area contributed by atoms with Crippen LogP contribution in [0.15, 0.2) is 36.5 Å². The lowest BCUT2D eigenvalue weighted by atomic mass is 10.1. The normalized spacial score (nSPS) is 12.9. The average Bonchev–Trinajstić information content (AvgIpc) is 3.02. The molecular formula is C37H67O8P. The van der Waals surface area contributed by atoms with Crippen molar-refractivity contribution < 1.29 is 37.9 Å². The van der Waals surface area contributed by atoms with Crippen LogP contribution in [-0.4, -0.2) is 41.0 Å². The highest BCUT2D eigenvalue weighted by Crippen LogP contribution is 2.36. The van der Waals surface area contributed by atoms with Crippen LogP contribution in [0.5, 0.6) is 0 Å². The Kier molecular flexibility index (Phi) is 31.9. The van der Waals surface area contributed by atoms with Crippen LogP contribution in [0.2, 0.25) is 0 Å². The van der Waals surface area contributed by atoms with Crippen molar-refractivity contribution >= 4 is 19.8 Å². The topological polar surface area (TPSA) is 119 Å². The van der Waals surface area contributed by atoms with Gasteiger partial charge in [0.15, 0.2) is 6.10 Å². The molecule has 0 aromatic carbocycles. The van der Waals surface area contributed by atoms with Gasteiger partial charge in [0.2, 0.25) is 0 Å². The largest absolute Gasteiger partial charge is 0.469 e. The number of esters is 2. The molecule has 0 amide bonds. The highest BCUT2D eigenvalue weighted by atomic mass is 31.2. The van der Waals surface area contributed by atoms with Gasteiger partial charge >= 0.3 is 19.8 Å². The number of carbonyl (C=O) groups is 2. The van der Waals surface area contributed by atoms with Crippen LogP contribution in [0.3, 0.4) is 0 Å². The summed E-state index contributed by atoms with van der Waals surface area (Å²) in [5.41, 5.74) is 0. The Morgan fingerprint density at radius 3 is 1.54 bits per heavy atom. The number of rotatable bonds is 33. The number of ether oxygens (including phenoxy) is 2. The van der Waals surface area contributed by atoms with Gasteiger partial charge in [-0.15, -0.1) is 0 Å². The minimum Gasteiger partial charge on any atom is -0.462 e. The maximum atomic E-state index is 12.3. The Labute approximate surface area is 281 Å². The lowest BCUT2D eigenvalue weighted by molar-refractivity contribution is -0.161. The molecule has 46 heavy (non-hydrogen) atoms. The third kappa shape index (κ3) is 35.1. The Morgan fingerprint density at radius 2 is 1.02 bits per heavy atom. The van der Waals surface area contributed by atoms with Gasteiger partial charge in [-0.1, -0.05) is 127 Å². The molecule has 0 saturated heterocycles. The van der Waals surface area contributed by atoms with Crippen LogP contribution in [0.1, 0.15) is 168 Å². The van der Waals surface area contributed by atoms with E-state index >= 15 is 0 Å². The van der Waals surface area contributed by atoms with Crippen molar-refractivity contribution in [3.63, 3.8) is 0 Å². The summed E-state index contributed by atoms with van der Waals surface area (Å²) in [4.78, 5) is 42.6. The SMILES string of the molecule is CCC/C=C\CCCCCCCC(=O)OCC(COP(=O)(O)O)OC(=O)CCCCCCCCC/C=C\C/C=C\CCCCCC. The molecule has 0 saturated carbocycles. The first-order valence-corrected chi connectivity index (χ1v) is 19.8. The molecule has 2 N–H and O–H groups in total. The van der Waals surface area contributed by atoms with Gasteiger partial charge in [0.1, 0.15) is 6.61 Å². The molecule has 0 fully saturated rings. The first-order chi connectivity index (χ1) is 22.3. The predicted octanol–water partition coefficient (Wildman–Crippen LogP) is 10.6. The fraction of sp³-hybridized carbons (Fsp3) is 0.784. The summed E-state index contributed by atoms with van der Waals surface area (Å²) >= 11 is 0. The van der Waals surface area contributed by atoms with Crippen LogP contribution >= 0.6 is 7.82 Å². The average molecular weight is 671 g/mol. The van der Waals surface area contributed by atoms with E-state index in [9.17, 15) is 14.2 Å². The Balaban J connectivity index is 3.97. The molecule has 0 bridgehead atoms. The van der Waals surface area contributed by atoms with Gasteiger partial charge in [0, 0.05) is 12.8 Å². The summed E-state index contributed by atoms with van der Waals surface area (Å²) in [7, 11) is -4.75. The second-order valence-electron chi connectivity index (χ2n) is 12.2. The van der Waals surface area contributed by atoms with E-state index in [-0.39, 0.29) is 19.4 Å². The molecule has 9 heteroatoms. The standard InChI is InChI=1S/C37H67O8P/c1-3-5-7-9-11-13-15-16-17-18-19-20-21-22-24-26-28-30-32-37(39)45-35(34-44-46(40,41)42)33-43-36(38)31-29-27-25-23-14-12-10-8-6-4-2/h8,10,13,15,17-18,35H,3-7,9,11-12,14,16,19-34H2,1-2H3,(H2,40,41,42)/b10-8-,15-13-,18-17-. The van der Waals surface area contributed by atoms with Crippen molar-refractivity contribution in [2.75, 3.05) is 13.2 Å². The number of unbranched alkanes of at least 4 members (excludes halogenated alkanes) is 17. The van der Waals surface area contributed by atoms with E-state index in [1.807, 2.05) is 0 Å². The van der Waals surface area contributed by atoms with Gasteiger partial charge in [-0.05, 0) is 64.2 Å². The van der Waals surface area contributed by atoms with Crippen LogP contribution in [0.4, 0.5) is 0 Å². The summed E-state index contributed by atoms with van der Waals surface area (Å²) < 4.78 is 26.2. The van der Waals surface area contributed by atoms with Gasteiger partial charge in [-0.3, -0.25) is 14.1 Å². The summed E-state index contributed by atoms with van der Waals surface area (Å²) in [5.74, 6) is -0.908. The Hall–Kier alpha value is -1.73. The van der Waals surface area contributed by atoms with Gasteiger partial charge < -0.3 is 19.3 Å². The van der Waals surface area contributed by atoms with Crippen molar-refractivity contribution in [3.05, 3.63) is 36.5 Å². The highest BCUT2D eigenvalue weighted by Gasteiger charge is 2.22. The van der Waals surface area contributed by atoms with Crippen molar-refractivity contribution in [1.29, 1.82) is 0 Å². The van der Waals surface area contributed by atoms with E-state index in [1.54, 1.807) is 0 Å². The molecule has 0 rings (SSSR count). The molecule has 268 valence electrons. The molecule has 0 aromatic rings. The van der Waals surface area contributed by atoms with Crippen LogP contribution in [0.25, 0.3) is 0 Å². The summed E-state index contributed by atoms with van der Waals surface area (Å²) in [6, 6.07) is 0. The second kappa shape index (κ2) is 33.2. The zero-order chi connectivity index (χ0) is 34.0. The molecule has 0 aliphatic carbocycles. The second-order valence-corrected chi connectivity index (χ2v) is 13.4. The molecule has 0 aliphatic heterocycles. The number of allylic oxidation sites excluding steroid dienone is 6. The fourth-order valence-electron chi connectivity index (χ4n) is 4.87. The third-order valence-corrected chi connectivity index (χ3v) is 8.10. The Morgan fingerprint density at radius 1 is 0.565 bits per heavy atom. The third-order valence-electron chi connectivity index (χ3n) is 7.61. The number of carbonyl (C=O) groups excluding carboxylic acids is 2. The van der Waals surface area contributed by atoms with E-state index in [2.05, 4.69) is 54.8 Å². The summed E-state index contributed by atoms with van der Waals surface area (Å²) in [5, 5.41) is 0. The van der Waals surface area contributed by atoms with Crippen LogP contribution < -0.4 is 0 Å². The minimum atomic E-state index is -4.75. The molecule has 0 aromatic heterocycles. The number of hydrogen-bond acceptors (Lipinski definition) is 6. The summed E-state index contributed by atoms with van der Waals surface area (Å²) in [6.07, 6.45) is 37.3. The van der Waals surface area contributed by atoms with Gasteiger partial charge in [-0.25, -0.2) is 4.57 Å². The van der Waals surface area contributed by atoms with Crippen molar-refractivity contribution in [2.45, 2.75) is 174 Å². The lowest BCUT2D eigenvalue weighted by Crippen LogP contribution is -2.29. The van der Waals surface area contributed by atoms with E-state index in [1.165, 1.54) is 57.8 Å². The molecule has 8 nitrogen and oxygen atoms in total. The van der Waals surface area contributed by atoms with Crippen molar-refractivity contribution in [1.82, 2.24) is 0 Å². The number of phosphoric ester groups is 1. The summed E-state index contributed by atoms with van der Waals surface area (Å²) in [6.45, 7) is 3.57. The molecule has 0 aliphatic rings. The van der Waals surface area contributed by atoms with Gasteiger partial charge in [0.25, 0.3) is 0 Å². The van der Waals surface area contributed by atoms with Crippen molar-refractivity contribution in [3.8, 4) is 0 Å². The van der Waals surface area contributed by atoms with E-state index < -0.39 is 32.5 Å². The first-order valence-electron chi connectivity index (χ1n) is 18.3. The molecule has 0 radical (unpaired) electrons. The molecule has 0 heterocycles. The smallest absolute Gasteiger partial charge is 0.462 e. The Bertz CT molecular complexity index is 848. The molecule has 0 spiro atoms. The fourth-order valence-corrected chi connectivity index (χ4v) is 5.24. The van der Waals surface area contributed by atoms with E-state index in [4.69, 9.17) is 19.3 Å². The van der Waals surface area contributed by atoms with E-state index in [0.717, 1.165) is 70.6 Å². The van der Waals surface area contributed by atoms with Gasteiger partial charge in [-0.2, -0.15) is 0 Å². The minimum absolute atomic E-state index is 0.201. The lowest BCUT2D eigenvalue weighted by Gasteiger charge is -2.18. The van der Waals surface area contributed by atoms with Crippen LogP contribution in [0, 0.1) is 0 Å². The molecule has 1 atom stereocenters. The number of phosphoric acid groups is 1. The van der Waals surface area contributed by atoms with E-state index in [0.29, 0.717) is 12.8 Å². The predicted molar refractivity (Wildman–Crippen MR) is 188 cm³/mol. The van der Waals surface area contributed by atoms with Crippen molar-refractivity contribution in [2.24, 2.45) is 0 Å². The highest BCUT2D eigenvalue weighted by molar-refractivity contribution is 7.46.